The van der Waals surface area contributed by atoms with E-state index in [0.717, 1.165) is 16.2 Å². The van der Waals surface area contributed by atoms with Gasteiger partial charge in [0.05, 0.1) is 36.9 Å². The van der Waals surface area contributed by atoms with Crippen LogP contribution in [0.2, 0.25) is 0 Å². The van der Waals surface area contributed by atoms with Gasteiger partial charge in [0.1, 0.15) is 6.54 Å². The summed E-state index contributed by atoms with van der Waals surface area (Å²) in [4.78, 5) is 41.5. The van der Waals surface area contributed by atoms with Crippen LogP contribution in [-0.2, 0) is 27.5 Å². The number of thiazole rings is 1. The minimum Gasteiger partial charge on any atom is -0.468 e. The van der Waals surface area contributed by atoms with Gasteiger partial charge in [-0.15, -0.1) is 6.58 Å². The van der Waals surface area contributed by atoms with Crippen LogP contribution in [0.25, 0.3) is 0 Å². The van der Waals surface area contributed by atoms with E-state index < -0.39 is 18.1 Å². The highest BCUT2D eigenvalue weighted by Gasteiger charge is 2.33. The normalized spacial score (nSPS) is 16.7. The Morgan fingerprint density at radius 2 is 2.30 bits per heavy atom. The van der Waals surface area contributed by atoms with Gasteiger partial charge >= 0.3 is 16.9 Å². The first-order chi connectivity index (χ1) is 11.0. The number of carboxylic acid groups (broad SMARTS) is 1. The monoisotopic (exact) mass is 343 g/mol. The van der Waals surface area contributed by atoms with E-state index in [0.29, 0.717) is 10.6 Å². The van der Waals surface area contributed by atoms with Gasteiger partial charge < -0.3 is 14.7 Å². The van der Waals surface area contributed by atoms with Gasteiger partial charge in [0.2, 0.25) is 0 Å². The summed E-state index contributed by atoms with van der Waals surface area (Å²) in [7, 11) is 1.23. The van der Waals surface area contributed by atoms with Crippen LogP contribution in [0, 0.1) is 0 Å². The number of hydrogen-bond acceptors (Lipinski definition) is 7. The third kappa shape index (κ3) is 3.78. The number of hydroxylamine groups is 1. The molecule has 0 aliphatic carbocycles. The van der Waals surface area contributed by atoms with Crippen molar-refractivity contribution in [1.29, 1.82) is 0 Å². The highest BCUT2D eigenvalue weighted by atomic mass is 32.1. The maximum absolute atomic E-state index is 12.1. The van der Waals surface area contributed by atoms with Gasteiger partial charge in [-0.3, -0.25) is 19.0 Å². The number of nitrogens with one attached hydrogen (secondary N) is 1. The van der Waals surface area contributed by atoms with Gasteiger partial charge in [0, 0.05) is 6.54 Å². The second-order valence-corrected chi connectivity index (χ2v) is 5.77. The number of methoxy groups -OCH3 is 1. The van der Waals surface area contributed by atoms with Crippen LogP contribution in [0.15, 0.2) is 17.4 Å². The molecule has 1 amide bonds. The molecule has 10 heteroatoms. The summed E-state index contributed by atoms with van der Waals surface area (Å²) >= 11 is 0.961. The van der Waals surface area contributed by atoms with E-state index in [1.54, 1.807) is 0 Å². The summed E-state index contributed by atoms with van der Waals surface area (Å²) in [5.74, 6) is -0.576. The largest absolute Gasteiger partial charge is 0.468 e. The standard InChI is InChI=1S/C13H17N3O6S/c1-3-4-22-14-8-5-15(12(18)19)6-9-11(8)23-13(20)16(9)7-10(17)21-2/h3,8,14H,1,4-7H2,2H3,(H,18,19). The van der Waals surface area contributed by atoms with Crippen LogP contribution in [0.3, 0.4) is 0 Å². The fourth-order valence-electron chi connectivity index (χ4n) is 2.23. The lowest BCUT2D eigenvalue weighted by atomic mass is 10.1. The smallest absolute Gasteiger partial charge is 0.407 e. The number of amides is 1. The van der Waals surface area contributed by atoms with Crippen LogP contribution in [0.4, 0.5) is 4.79 Å². The van der Waals surface area contributed by atoms with Crippen molar-refractivity contribution >= 4 is 23.4 Å². The summed E-state index contributed by atoms with van der Waals surface area (Å²) in [6.07, 6.45) is 0.422. The minimum atomic E-state index is -1.12. The average Bonchev–Trinajstić information content (AvgIpc) is 2.83. The van der Waals surface area contributed by atoms with Crippen molar-refractivity contribution in [2.45, 2.75) is 19.1 Å². The van der Waals surface area contributed by atoms with Crippen LogP contribution < -0.4 is 10.4 Å². The number of esters is 1. The molecule has 0 fully saturated rings. The number of nitrogens with zero attached hydrogens (tertiary/aromatic N) is 2. The second-order valence-electron chi connectivity index (χ2n) is 4.77. The zero-order valence-electron chi connectivity index (χ0n) is 12.5. The molecule has 9 nitrogen and oxygen atoms in total. The molecule has 0 aromatic carbocycles. The molecular formula is C13H17N3O6S. The predicted molar refractivity (Wildman–Crippen MR) is 81.1 cm³/mol. The lowest BCUT2D eigenvalue weighted by Gasteiger charge is -2.31. The number of fused-ring (bicyclic) bond motifs is 1. The molecule has 1 atom stereocenters. The summed E-state index contributed by atoms with van der Waals surface area (Å²) in [5.41, 5.74) is 3.21. The lowest BCUT2D eigenvalue weighted by Crippen LogP contribution is -2.42. The third-order valence-corrected chi connectivity index (χ3v) is 4.44. The quantitative estimate of drug-likeness (QED) is 0.331. The van der Waals surface area contributed by atoms with Crippen molar-refractivity contribution in [3.05, 3.63) is 32.9 Å². The number of carbonyl (C=O) groups excluding carboxylic acids is 1. The SMILES string of the molecule is C=CCONC1CN(C(=O)O)Cc2c1sc(=O)n2CC(=O)OC. The molecule has 0 radical (unpaired) electrons. The predicted octanol–water partition coefficient (Wildman–Crippen LogP) is 0.325. The first-order valence-corrected chi connectivity index (χ1v) is 7.54. The first kappa shape index (κ1) is 17.2. The molecule has 2 N–H and O–H groups in total. The maximum Gasteiger partial charge on any atom is 0.407 e. The first-order valence-electron chi connectivity index (χ1n) is 6.73. The van der Waals surface area contributed by atoms with E-state index in [9.17, 15) is 19.5 Å². The van der Waals surface area contributed by atoms with Crippen molar-refractivity contribution in [1.82, 2.24) is 14.9 Å². The van der Waals surface area contributed by atoms with Gasteiger partial charge in [-0.2, -0.15) is 5.48 Å². The van der Waals surface area contributed by atoms with Crippen molar-refractivity contribution in [2.75, 3.05) is 20.3 Å². The molecule has 1 aliphatic heterocycles. The average molecular weight is 343 g/mol. The van der Waals surface area contributed by atoms with Crippen molar-refractivity contribution in [3.8, 4) is 0 Å². The Labute approximate surface area is 135 Å². The molecule has 0 saturated heterocycles. The Morgan fingerprint density at radius 3 is 2.91 bits per heavy atom. The van der Waals surface area contributed by atoms with E-state index in [-0.39, 0.29) is 31.1 Å². The third-order valence-electron chi connectivity index (χ3n) is 3.30. The Kier molecular flexibility index (Phi) is 5.53. The van der Waals surface area contributed by atoms with Gasteiger partial charge in [0.15, 0.2) is 0 Å². The molecule has 1 aromatic rings. The number of hydrogen-bond donors (Lipinski definition) is 2. The van der Waals surface area contributed by atoms with E-state index in [1.165, 1.54) is 17.8 Å². The Bertz CT molecular complexity index is 667. The number of aromatic nitrogens is 1. The van der Waals surface area contributed by atoms with Gasteiger partial charge in [-0.1, -0.05) is 17.4 Å². The fraction of sp³-hybridized carbons (Fsp3) is 0.462. The highest BCUT2D eigenvalue weighted by Crippen LogP contribution is 2.29. The number of ether oxygens (including phenoxy) is 1. The van der Waals surface area contributed by atoms with Gasteiger partial charge in [-0.25, -0.2) is 4.79 Å². The maximum atomic E-state index is 12.1. The van der Waals surface area contributed by atoms with E-state index in [1.807, 2.05) is 0 Å². The molecule has 0 bridgehead atoms. The fourth-order valence-corrected chi connectivity index (χ4v) is 3.26. The van der Waals surface area contributed by atoms with Crippen molar-refractivity contribution in [2.24, 2.45) is 0 Å². The molecule has 2 heterocycles. The van der Waals surface area contributed by atoms with E-state index in [2.05, 4.69) is 16.8 Å². The Morgan fingerprint density at radius 1 is 1.57 bits per heavy atom. The summed E-state index contributed by atoms with van der Waals surface area (Å²) < 4.78 is 5.81. The molecule has 1 aromatic heterocycles. The van der Waals surface area contributed by atoms with Crippen LogP contribution >= 0.6 is 11.3 Å². The molecule has 0 saturated carbocycles. The molecule has 0 spiro atoms. The zero-order chi connectivity index (χ0) is 17.0. The number of rotatable bonds is 6. The number of carbonyl (C=O) groups is 2. The zero-order valence-corrected chi connectivity index (χ0v) is 13.3. The van der Waals surface area contributed by atoms with Crippen LogP contribution in [-0.4, -0.2) is 46.9 Å². The second kappa shape index (κ2) is 7.40. The molecule has 1 aliphatic rings. The van der Waals surface area contributed by atoms with Crippen LogP contribution in [0.1, 0.15) is 16.6 Å². The molecule has 126 valence electrons. The Balaban J connectivity index is 2.34. The van der Waals surface area contributed by atoms with Crippen molar-refractivity contribution < 1.29 is 24.3 Å². The summed E-state index contributed by atoms with van der Waals surface area (Å²) in [6, 6.07) is -0.494. The summed E-state index contributed by atoms with van der Waals surface area (Å²) in [5, 5.41) is 9.24. The minimum absolute atomic E-state index is 0.0278. The van der Waals surface area contributed by atoms with Crippen molar-refractivity contribution in [3.63, 3.8) is 0 Å². The Hall–Kier alpha value is -2.17. The highest BCUT2D eigenvalue weighted by molar-refractivity contribution is 7.09. The molecule has 23 heavy (non-hydrogen) atoms. The molecule has 2 rings (SSSR count). The lowest BCUT2D eigenvalue weighted by molar-refractivity contribution is -0.141. The van der Waals surface area contributed by atoms with E-state index >= 15 is 0 Å². The van der Waals surface area contributed by atoms with E-state index in [4.69, 9.17) is 4.84 Å². The summed E-state index contributed by atoms with van der Waals surface area (Å²) in [6.45, 7) is 3.66. The van der Waals surface area contributed by atoms with Crippen LogP contribution in [0.5, 0.6) is 0 Å². The molecule has 1 unspecified atom stereocenters. The molecular weight excluding hydrogens is 326 g/mol. The topological polar surface area (TPSA) is 110 Å². The van der Waals surface area contributed by atoms with Gasteiger partial charge in [0.25, 0.3) is 0 Å². The van der Waals surface area contributed by atoms with Gasteiger partial charge in [-0.05, 0) is 0 Å².